The van der Waals surface area contributed by atoms with Crippen molar-refractivity contribution >= 4 is 11.9 Å². The Morgan fingerprint density at radius 2 is 2.00 bits per heavy atom. The maximum atomic E-state index is 11.9. The molecule has 2 unspecified atom stereocenters. The zero-order chi connectivity index (χ0) is 15.9. The van der Waals surface area contributed by atoms with Gasteiger partial charge in [-0.1, -0.05) is 30.3 Å². The van der Waals surface area contributed by atoms with Crippen molar-refractivity contribution in [3.05, 3.63) is 35.9 Å². The number of hydrogen-bond donors (Lipinski definition) is 2. The smallest absolute Gasteiger partial charge is 0.321 e. The van der Waals surface area contributed by atoms with Crippen molar-refractivity contribution in [2.75, 3.05) is 19.7 Å². The molecule has 1 heterocycles. The topological polar surface area (TPSA) is 70.7 Å². The molecule has 2 atom stereocenters. The predicted molar refractivity (Wildman–Crippen MR) is 83.3 cm³/mol. The van der Waals surface area contributed by atoms with Crippen LogP contribution < -0.4 is 10.6 Å². The van der Waals surface area contributed by atoms with Crippen LogP contribution in [0.5, 0.6) is 0 Å². The van der Waals surface area contributed by atoms with E-state index in [2.05, 4.69) is 10.6 Å². The first kappa shape index (κ1) is 16.5. The summed E-state index contributed by atoms with van der Waals surface area (Å²) in [5.41, 5.74) is 0.987. The molecular weight excluding hydrogens is 282 g/mol. The number of morpholine rings is 1. The zero-order valence-electron chi connectivity index (χ0n) is 13.0. The third-order valence-corrected chi connectivity index (χ3v) is 3.63. The highest BCUT2D eigenvalue weighted by molar-refractivity contribution is 5.95. The molecule has 0 radical (unpaired) electrons. The van der Waals surface area contributed by atoms with Gasteiger partial charge in [-0.3, -0.25) is 15.0 Å². The van der Waals surface area contributed by atoms with Gasteiger partial charge in [-0.2, -0.15) is 0 Å². The van der Waals surface area contributed by atoms with Crippen molar-refractivity contribution in [2.24, 2.45) is 0 Å². The lowest BCUT2D eigenvalue weighted by molar-refractivity contribution is -0.124. The van der Waals surface area contributed by atoms with Crippen molar-refractivity contribution in [3.63, 3.8) is 0 Å². The lowest BCUT2D eigenvalue weighted by atomic mass is 10.2. The van der Waals surface area contributed by atoms with Gasteiger partial charge in [0, 0.05) is 19.1 Å². The van der Waals surface area contributed by atoms with Gasteiger partial charge in [-0.05, 0) is 19.4 Å². The maximum absolute atomic E-state index is 11.9. The Morgan fingerprint density at radius 3 is 2.73 bits per heavy atom. The largest absolute Gasteiger partial charge is 0.376 e. The number of benzene rings is 1. The van der Waals surface area contributed by atoms with E-state index in [0.29, 0.717) is 19.7 Å². The van der Waals surface area contributed by atoms with E-state index in [0.717, 1.165) is 5.56 Å². The lowest BCUT2D eigenvalue weighted by Crippen LogP contribution is -2.52. The number of carbonyl (C=O) groups excluding carboxylic acids is 2. The van der Waals surface area contributed by atoms with E-state index >= 15 is 0 Å². The van der Waals surface area contributed by atoms with Gasteiger partial charge in [0.25, 0.3) is 0 Å². The number of amides is 3. The Morgan fingerprint density at radius 1 is 1.27 bits per heavy atom. The van der Waals surface area contributed by atoms with Gasteiger partial charge in [-0.15, -0.1) is 0 Å². The third-order valence-electron chi connectivity index (χ3n) is 3.63. The van der Waals surface area contributed by atoms with Crippen LogP contribution in [0.1, 0.15) is 19.4 Å². The Kier molecular flexibility index (Phi) is 5.91. The van der Waals surface area contributed by atoms with Crippen LogP contribution in [0.3, 0.4) is 0 Å². The molecule has 2 N–H and O–H groups in total. The van der Waals surface area contributed by atoms with Crippen LogP contribution in [0.25, 0.3) is 0 Å². The molecular formula is C16H23N3O3. The summed E-state index contributed by atoms with van der Waals surface area (Å²) in [6, 6.07) is 9.26. The normalized spacial score (nSPS) is 22.1. The molecule has 0 aliphatic carbocycles. The molecule has 1 fully saturated rings. The minimum Gasteiger partial charge on any atom is -0.376 e. The predicted octanol–water partition coefficient (Wildman–Crippen LogP) is 1.12. The van der Waals surface area contributed by atoms with E-state index < -0.39 is 6.03 Å². The molecule has 0 saturated carbocycles. The SMILES string of the molecule is CC1CN(CC(=O)NC(=O)NCc2ccccc2)C(C)CO1. The highest BCUT2D eigenvalue weighted by atomic mass is 16.5. The van der Waals surface area contributed by atoms with Crippen molar-refractivity contribution in [3.8, 4) is 0 Å². The Hall–Kier alpha value is -1.92. The number of ether oxygens (including phenoxy) is 1. The average Bonchev–Trinajstić information content (AvgIpc) is 2.50. The van der Waals surface area contributed by atoms with Gasteiger partial charge in [-0.25, -0.2) is 4.79 Å². The molecule has 22 heavy (non-hydrogen) atoms. The Labute approximate surface area is 130 Å². The summed E-state index contributed by atoms with van der Waals surface area (Å²) >= 11 is 0. The van der Waals surface area contributed by atoms with Crippen molar-refractivity contribution in [1.29, 1.82) is 0 Å². The second-order valence-electron chi connectivity index (χ2n) is 5.64. The quantitative estimate of drug-likeness (QED) is 0.874. The summed E-state index contributed by atoms with van der Waals surface area (Å²) in [4.78, 5) is 25.7. The fourth-order valence-electron chi connectivity index (χ4n) is 2.37. The molecule has 120 valence electrons. The van der Waals surface area contributed by atoms with Crippen LogP contribution in [0.15, 0.2) is 30.3 Å². The number of nitrogens with one attached hydrogen (secondary N) is 2. The van der Waals surface area contributed by atoms with Crippen LogP contribution in [0.2, 0.25) is 0 Å². The minimum absolute atomic E-state index is 0.107. The molecule has 1 aromatic carbocycles. The molecule has 2 rings (SSSR count). The molecule has 0 aromatic heterocycles. The lowest BCUT2D eigenvalue weighted by Gasteiger charge is -2.36. The minimum atomic E-state index is -0.470. The first-order valence-electron chi connectivity index (χ1n) is 7.52. The average molecular weight is 305 g/mol. The van der Waals surface area contributed by atoms with E-state index in [1.54, 1.807) is 0 Å². The van der Waals surface area contributed by atoms with Crippen LogP contribution in [-0.4, -0.2) is 48.7 Å². The highest BCUT2D eigenvalue weighted by Gasteiger charge is 2.25. The van der Waals surface area contributed by atoms with Gasteiger partial charge < -0.3 is 10.1 Å². The van der Waals surface area contributed by atoms with Crippen LogP contribution in [-0.2, 0) is 16.1 Å². The number of hydrogen-bond acceptors (Lipinski definition) is 4. The number of nitrogens with zero attached hydrogens (tertiary/aromatic N) is 1. The molecule has 1 aliphatic rings. The second kappa shape index (κ2) is 7.91. The van der Waals surface area contributed by atoms with Gasteiger partial charge in [0.15, 0.2) is 0 Å². The van der Waals surface area contributed by atoms with Gasteiger partial charge >= 0.3 is 6.03 Å². The second-order valence-corrected chi connectivity index (χ2v) is 5.64. The van der Waals surface area contributed by atoms with Crippen LogP contribution >= 0.6 is 0 Å². The third kappa shape index (κ3) is 5.13. The van der Waals surface area contributed by atoms with E-state index in [1.807, 2.05) is 49.1 Å². The van der Waals surface area contributed by atoms with Gasteiger partial charge in [0.2, 0.25) is 5.91 Å². The highest BCUT2D eigenvalue weighted by Crippen LogP contribution is 2.10. The summed E-state index contributed by atoms with van der Waals surface area (Å²) in [6.07, 6.45) is 0.107. The Bertz CT molecular complexity index is 507. The first-order chi connectivity index (χ1) is 10.5. The summed E-state index contributed by atoms with van der Waals surface area (Å²) in [6.45, 7) is 5.88. The molecule has 6 nitrogen and oxygen atoms in total. The van der Waals surface area contributed by atoms with Gasteiger partial charge in [0.1, 0.15) is 0 Å². The fourth-order valence-corrected chi connectivity index (χ4v) is 2.37. The number of urea groups is 1. The maximum Gasteiger partial charge on any atom is 0.321 e. The summed E-state index contributed by atoms with van der Waals surface area (Å²) in [5.74, 6) is -0.300. The summed E-state index contributed by atoms with van der Waals surface area (Å²) in [7, 11) is 0. The van der Waals surface area contributed by atoms with E-state index in [-0.39, 0.29) is 24.6 Å². The molecule has 1 aliphatic heterocycles. The summed E-state index contributed by atoms with van der Waals surface area (Å²) < 4.78 is 5.52. The molecule has 1 saturated heterocycles. The van der Waals surface area contributed by atoms with Crippen LogP contribution in [0, 0.1) is 0 Å². The van der Waals surface area contributed by atoms with E-state index in [9.17, 15) is 9.59 Å². The van der Waals surface area contributed by atoms with Crippen molar-refractivity contribution in [2.45, 2.75) is 32.5 Å². The zero-order valence-corrected chi connectivity index (χ0v) is 13.0. The van der Waals surface area contributed by atoms with Crippen molar-refractivity contribution in [1.82, 2.24) is 15.5 Å². The van der Waals surface area contributed by atoms with Crippen molar-refractivity contribution < 1.29 is 14.3 Å². The molecule has 0 bridgehead atoms. The molecule has 1 aromatic rings. The molecule has 0 spiro atoms. The fraction of sp³-hybridized carbons (Fsp3) is 0.500. The Balaban J connectivity index is 1.73. The standard InChI is InChI=1S/C16H23N3O3/c1-12-11-22-13(2)9-19(12)10-15(20)18-16(21)17-8-14-6-4-3-5-7-14/h3-7,12-13H,8-11H2,1-2H3,(H2,17,18,20,21). The van der Waals surface area contributed by atoms with Crippen LogP contribution in [0.4, 0.5) is 4.79 Å². The van der Waals surface area contributed by atoms with E-state index in [1.165, 1.54) is 0 Å². The number of rotatable bonds is 4. The number of carbonyl (C=O) groups is 2. The number of imide groups is 1. The van der Waals surface area contributed by atoms with E-state index in [4.69, 9.17) is 4.74 Å². The first-order valence-corrected chi connectivity index (χ1v) is 7.52. The van der Waals surface area contributed by atoms with Gasteiger partial charge in [0.05, 0.1) is 19.3 Å². The summed E-state index contributed by atoms with van der Waals surface area (Å²) in [5, 5.41) is 5.03. The molecule has 6 heteroatoms. The monoisotopic (exact) mass is 305 g/mol. The molecule has 3 amide bonds.